The van der Waals surface area contributed by atoms with Gasteiger partial charge in [0, 0.05) is 0 Å². The number of aliphatic hydroxyl groups is 1. The zero-order valence-electron chi connectivity index (χ0n) is 8.99. The zero-order valence-corrected chi connectivity index (χ0v) is 8.99. The average Bonchev–Trinajstić information content (AvgIpc) is 2.99. The van der Waals surface area contributed by atoms with Crippen molar-refractivity contribution in [3.8, 4) is 0 Å². The highest BCUT2D eigenvalue weighted by atomic mass is 19.1. The molecule has 1 aromatic carbocycles. The molecule has 1 aliphatic carbocycles. The maximum Gasteiger partial charge on any atom is 0.123 e. The number of halogens is 1. The van der Waals surface area contributed by atoms with Crippen LogP contribution in [0, 0.1) is 17.7 Å². The second-order valence-electron chi connectivity index (χ2n) is 4.60. The van der Waals surface area contributed by atoms with E-state index in [4.69, 9.17) is 0 Å². The Morgan fingerprint density at radius 2 is 2.20 bits per heavy atom. The SMILES string of the molecule is CC(C(O)Cc1cccc(F)c1)C1CC1. The molecule has 1 fully saturated rings. The van der Waals surface area contributed by atoms with Gasteiger partial charge >= 0.3 is 0 Å². The smallest absolute Gasteiger partial charge is 0.123 e. The van der Waals surface area contributed by atoms with Crippen LogP contribution in [-0.4, -0.2) is 11.2 Å². The number of aliphatic hydroxyl groups excluding tert-OH is 1. The van der Waals surface area contributed by atoms with Crippen molar-refractivity contribution < 1.29 is 9.50 Å². The van der Waals surface area contributed by atoms with E-state index in [1.807, 2.05) is 6.07 Å². The molecule has 1 N–H and O–H groups in total. The average molecular weight is 208 g/mol. The number of hydrogen-bond donors (Lipinski definition) is 1. The lowest BCUT2D eigenvalue weighted by molar-refractivity contribution is 0.105. The monoisotopic (exact) mass is 208 g/mol. The van der Waals surface area contributed by atoms with Crippen LogP contribution in [0.1, 0.15) is 25.3 Å². The molecule has 2 unspecified atom stereocenters. The maximum absolute atomic E-state index is 12.9. The lowest BCUT2D eigenvalue weighted by atomic mass is 9.94. The van der Waals surface area contributed by atoms with E-state index in [9.17, 15) is 9.50 Å². The Kier molecular flexibility index (Phi) is 3.06. The minimum absolute atomic E-state index is 0.223. The molecule has 0 heterocycles. The first-order valence-corrected chi connectivity index (χ1v) is 5.59. The molecule has 1 aliphatic rings. The summed E-state index contributed by atoms with van der Waals surface area (Å²) in [5.41, 5.74) is 0.884. The molecule has 1 saturated carbocycles. The van der Waals surface area contributed by atoms with Gasteiger partial charge < -0.3 is 5.11 Å². The van der Waals surface area contributed by atoms with E-state index < -0.39 is 0 Å². The summed E-state index contributed by atoms with van der Waals surface area (Å²) in [5, 5.41) is 9.95. The summed E-state index contributed by atoms with van der Waals surface area (Å²) < 4.78 is 12.9. The molecule has 82 valence electrons. The zero-order chi connectivity index (χ0) is 10.8. The second kappa shape index (κ2) is 4.31. The molecule has 0 aromatic heterocycles. The van der Waals surface area contributed by atoms with Gasteiger partial charge in [-0.1, -0.05) is 19.1 Å². The van der Waals surface area contributed by atoms with Crippen molar-refractivity contribution in [3.05, 3.63) is 35.6 Å². The molecule has 2 atom stereocenters. The normalized spacial score (nSPS) is 19.9. The fraction of sp³-hybridized carbons (Fsp3) is 0.538. The van der Waals surface area contributed by atoms with E-state index in [0.29, 0.717) is 18.3 Å². The van der Waals surface area contributed by atoms with E-state index in [1.165, 1.54) is 25.0 Å². The van der Waals surface area contributed by atoms with Gasteiger partial charge in [-0.2, -0.15) is 0 Å². The summed E-state index contributed by atoms with van der Waals surface area (Å²) in [7, 11) is 0. The largest absolute Gasteiger partial charge is 0.392 e. The van der Waals surface area contributed by atoms with Gasteiger partial charge in [-0.25, -0.2) is 4.39 Å². The first kappa shape index (κ1) is 10.6. The number of rotatable bonds is 4. The maximum atomic E-state index is 12.9. The second-order valence-corrected chi connectivity index (χ2v) is 4.60. The first-order valence-electron chi connectivity index (χ1n) is 5.59. The molecule has 0 radical (unpaired) electrons. The molecule has 15 heavy (non-hydrogen) atoms. The summed E-state index contributed by atoms with van der Waals surface area (Å²) >= 11 is 0. The highest BCUT2D eigenvalue weighted by Gasteiger charge is 2.32. The minimum atomic E-state index is -0.334. The molecule has 1 nitrogen and oxygen atoms in total. The highest BCUT2D eigenvalue weighted by molar-refractivity contribution is 5.17. The van der Waals surface area contributed by atoms with Crippen molar-refractivity contribution in [2.75, 3.05) is 0 Å². The van der Waals surface area contributed by atoms with E-state index >= 15 is 0 Å². The fourth-order valence-electron chi connectivity index (χ4n) is 2.03. The van der Waals surface area contributed by atoms with Crippen LogP contribution in [0.5, 0.6) is 0 Å². The fourth-order valence-corrected chi connectivity index (χ4v) is 2.03. The molecule has 0 amide bonds. The van der Waals surface area contributed by atoms with Crippen LogP contribution in [0.15, 0.2) is 24.3 Å². The number of benzene rings is 1. The van der Waals surface area contributed by atoms with Gasteiger partial charge in [-0.3, -0.25) is 0 Å². The van der Waals surface area contributed by atoms with Crippen molar-refractivity contribution in [2.45, 2.75) is 32.3 Å². The van der Waals surface area contributed by atoms with Crippen LogP contribution < -0.4 is 0 Å². The quantitative estimate of drug-likeness (QED) is 0.806. The predicted molar refractivity (Wildman–Crippen MR) is 58.0 cm³/mol. The van der Waals surface area contributed by atoms with Crippen LogP contribution in [0.25, 0.3) is 0 Å². The van der Waals surface area contributed by atoms with E-state index in [1.54, 1.807) is 6.07 Å². The summed E-state index contributed by atoms with van der Waals surface area (Å²) in [5.74, 6) is 0.806. The number of hydrogen-bond acceptors (Lipinski definition) is 1. The third-order valence-electron chi connectivity index (χ3n) is 3.31. The van der Waals surface area contributed by atoms with Crippen molar-refractivity contribution in [3.63, 3.8) is 0 Å². The highest BCUT2D eigenvalue weighted by Crippen LogP contribution is 2.38. The Morgan fingerprint density at radius 1 is 1.47 bits per heavy atom. The molecule has 2 rings (SSSR count). The van der Waals surface area contributed by atoms with Gasteiger partial charge in [0.2, 0.25) is 0 Å². The Balaban J connectivity index is 1.95. The minimum Gasteiger partial charge on any atom is -0.392 e. The summed E-state index contributed by atoms with van der Waals surface area (Å²) in [6, 6.07) is 6.49. The molecule has 0 spiro atoms. The summed E-state index contributed by atoms with van der Waals surface area (Å²) in [6.07, 6.45) is 2.71. The predicted octanol–water partition coefficient (Wildman–Crippen LogP) is 2.78. The lowest BCUT2D eigenvalue weighted by Gasteiger charge is -2.18. The van der Waals surface area contributed by atoms with Crippen LogP contribution in [0.3, 0.4) is 0 Å². The van der Waals surface area contributed by atoms with Crippen LogP contribution in [-0.2, 0) is 6.42 Å². The van der Waals surface area contributed by atoms with Crippen LogP contribution in [0.4, 0.5) is 4.39 Å². The lowest BCUT2D eigenvalue weighted by Crippen LogP contribution is -2.21. The third kappa shape index (κ3) is 2.78. The van der Waals surface area contributed by atoms with Crippen molar-refractivity contribution >= 4 is 0 Å². The Labute approximate surface area is 89.9 Å². The molecule has 0 saturated heterocycles. The Bertz CT molecular complexity index is 333. The van der Waals surface area contributed by atoms with Gasteiger partial charge in [-0.15, -0.1) is 0 Å². The van der Waals surface area contributed by atoms with Crippen LogP contribution >= 0.6 is 0 Å². The van der Waals surface area contributed by atoms with Gasteiger partial charge in [0.05, 0.1) is 6.10 Å². The van der Waals surface area contributed by atoms with Crippen molar-refractivity contribution in [1.82, 2.24) is 0 Å². The summed E-state index contributed by atoms with van der Waals surface area (Å²) in [4.78, 5) is 0. The molecule has 0 aliphatic heterocycles. The van der Waals surface area contributed by atoms with E-state index in [0.717, 1.165) is 5.56 Å². The van der Waals surface area contributed by atoms with Gasteiger partial charge in [0.1, 0.15) is 5.82 Å². The van der Waals surface area contributed by atoms with Crippen molar-refractivity contribution in [2.24, 2.45) is 11.8 Å². The molecular formula is C13H17FO. The topological polar surface area (TPSA) is 20.2 Å². The van der Waals surface area contributed by atoms with Crippen LogP contribution in [0.2, 0.25) is 0 Å². The van der Waals surface area contributed by atoms with E-state index in [2.05, 4.69) is 6.92 Å². The molecule has 2 heteroatoms. The summed E-state index contributed by atoms with van der Waals surface area (Å²) in [6.45, 7) is 2.08. The Morgan fingerprint density at radius 3 is 2.80 bits per heavy atom. The molecular weight excluding hydrogens is 191 g/mol. The van der Waals surface area contributed by atoms with Gasteiger partial charge in [-0.05, 0) is 48.8 Å². The van der Waals surface area contributed by atoms with Gasteiger partial charge in [0.15, 0.2) is 0 Å². The first-order chi connectivity index (χ1) is 7.16. The van der Waals surface area contributed by atoms with E-state index in [-0.39, 0.29) is 11.9 Å². The Hall–Kier alpha value is -0.890. The third-order valence-corrected chi connectivity index (χ3v) is 3.31. The molecule has 1 aromatic rings. The van der Waals surface area contributed by atoms with Crippen molar-refractivity contribution in [1.29, 1.82) is 0 Å². The standard InChI is InChI=1S/C13H17FO/c1-9(11-5-6-11)13(15)8-10-3-2-4-12(14)7-10/h2-4,7,9,11,13,15H,5-6,8H2,1H3. The molecule has 0 bridgehead atoms. The van der Waals surface area contributed by atoms with Gasteiger partial charge in [0.25, 0.3) is 0 Å².